The fourth-order valence-corrected chi connectivity index (χ4v) is 1.24. The maximum Gasteiger partial charge on any atom is 0.0891 e. The number of benzene rings is 1. The lowest BCUT2D eigenvalue weighted by Crippen LogP contribution is -1.85. The van der Waals surface area contributed by atoms with Crippen LogP contribution in [0.1, 0.15) is 19.4 Å². The van der Waals surface area contributed by atoms with Gasteiger partial charge in [0.15, 0.2) is 0 Å². The molecule has 1 heteroatoms. The molecule has 0 aliphatic rings. The second-order valence-corrected chi connectivity index (χ2v) is 3.48. The summed E-state index contributed by atoms with van der Waals surface area (Å²) in [6, 6.07) is 10.3. The molecule has 0 fully saturated rings. The average molecular weight is 188 g/mol. The summed E-state index contributed by atoms with van der Waals surface area (Å²) in [6.45, 7) is 3.73. The third-order valence-corrected chi connectivity index (χ3v) is 1.93. The highest BCUT2D eigenvalue weighted by Gasteiger charge is 1.91. The third-order valence-electron chi connectivity index (χ3n) is 1.93. The molecule has 0 saturated carbocycles. The molecule has 0 amide bonds. The summed E-state index contributed by atoms with van der Waals surface area (Å²) in [6.07, 6.45) is 4.60. The Morgan fingerprint density at radius 3 is 2.36 bits per heavy atom. The average Bonchev–Trinajstić information content (AvgIpc) is 2.16. The van der Waals surface area contributed by atoms with Gasteiger partial charge in [-0.15, -0.1) is 0 Å². The van der Waals surface area contributed by atoms with E-state index in [0.717, 1.165) is 6.42 Å². The van der Waals surface area contributed by atoms with Gasteiger partial charge in [0.1, 0.15) is 0 Å². The predicted molar refractivity (Wildman–Crippen MR) is 60.3 cm³/mol. The SMILES string of the molecule is C/C(O)=C\C=C(/C)Cc1ccccc1. The molecule has 0 atom stereocenters. The molecule has 14 heavy (non-hydrogen) atoms. The first kappa shape index (κ1) is 10.6. The van der Waals surface area contributed by atoms with Crippen molar-refractivity contribution in [2.45, 2.75) is 20.3 Å². The van der Waals surface area contributed by atoms with Crippen LogP contribution in [-0.4, -0.2) is 5.11 Å². The quantitative estimate of drug-likeness (QED) is 0.567. The summed E-state index contributed by atoms with van der Waals surface area (Å²) in [7, 11) is 0. The van der Waals surface area contributed by atoms with Crippen LogP contribution in [0.2, 0.25) is 0 Å². The van der Waals surface area contributed by atoms with Crippen LogP contribution in [0.3, 0.4) is 0 Å². The first-order valence-corrected chi connectivity index (χ1v) is 4.75. The molecule has 1 N–H and O–H groups in total. The molecule has 74 valence electrons. The topological polar surface area (TPSA) is 20.2 Å². The van der Waals surface area contributed by atoms with Gasteiger partial charge in [-0.3, -0.25) is 0 Å². The van der Waals surface area contributed by atoms with Crippen LogP contribution in [0.4, 0.5) is 0 Å². The molecule has 0 bridgehead atoms. The van der Waals surface area contributed by atoms with E-state index < -0.39 is 0 Å². The Balaban J connectivity index is 2.62. The summed E-state index contributed by atoms with van der Waals surface area (Å²) in [5.41, 5.74) is 2.54. The van der Waals surface area contributed by atoms with Crippen LogP contribution >= 0.6 is 0 Å². The zero-order valence-electron chi connectivity index (χ0n) is 8.70. The van der Waals surface area contributed by atoms with E-state index >= 15 is 0 Å². The smallest absolute Gasteiger partial charge is 0.0891 e. The molecule has 0 aromatic heterocycles. The normalized spacial score (nSPS) is 13.0. The van der Waals surface area contributed by atoms with Crippen molar-refractivity contribution in [1.82, 2.24) is 0 Å². The number of aliphatic hydroxyl groups is 1. The number of hydrogen-bond acceptors (Lipinski definition) is 1. The van der Waals surface area contributed by atoms with Gasteiger partial charge in [-0.2, -0.15) is 0 Å². The van der Waals surface area contributed by atoms with Gasteiger partial charge in [0.05, 0.1) is 5.76 Å². The maximum atomic E-state index is 8.98. The molecule has 1 aromatic rings. The van der Waals surface area contributed by atoms with Gasteiger partial charge in [-0.1, -0.05) is 42.0 Å². The van der Waals surface area contributed by atoms with Gasteiger partial charge in [-0.25, -0.2) is 0 Å². The van der Waals surface area contributed by atoms with Gasteiger partial charge >= 0.3 is 0 Å². The van der Waals surface area contributed by atoms with E-state index in [4.69, 9.17) is 5.11 Å². The van der Waals surface area contributed by atoms with Crippen LogP contribution in [0.15, 0.2) is 53.8 Å². The summed E-state index contributed by atoms with van der Waals surface area (Å²) in [4.78, 5) is 0. The molecule has 0 unspecified atom stereocenters. The molecule has 0 spiro atoms. The van der Waals surface area contributed by atoms with Gasteiger partial charge < -0.3 is 5.11 Å². The van der Waals surface area contributed by atoms with Crippen LogP contribution in [0.5, 0.6) is 0 Å². The van der Waals surface area contributed by atoms with E-state index in [1.165, 1.54) is 11.1 Å². The van der Waals surface area contributed by atoms with Crippen LogP contribution < -0.4 is 0 Å². The van der Waals surface area contributed by atoms with E-state index in [9.17, 15) is 0 Å². The number of allylic oxidation sites excluding steroid dienone is 4. The Morgan fingerprint density at radius 1 is 1.14 bits per heavy atom. The van der Waals surface area contributed by atoms with Crippen LogP contribution in [0, 0.1) is 0 Å². The van der Waals surface area contributed by atoms with Gasteiger partial charge in [0, 0.05) is 0 Å². The monoisotopic (exact) mass is 188 g/mol. The molecule has 0 radical (unpaired) electrons. The van der Waals surface area contributed by atoms with Crippen molar-refractivity contribution in [1.29, 1.82) is 0 Å². The minimum Gasteiger partial charge on any atom is -0.513 e. The molecule has 0 saturated heterocycles. The summed E-state index contributed by atoms with van der Waals surface area (Å²) in [5, 5.41) is 8.98. The Labute approximate surface area is 85.4 Å². The van der Waals surface area contributed by atoms with Gasteiger partial charge in [0.25, 0.3) is 0 Å². The Morgan fingerprint density at radius 2 is 1.79 bits per heavy atom. The highest BCUT2D eigenvalue weighted by atomic mass is 16.3. The molecule has 1 rings (SSSR count). The lowest BCUT2D eigenvalue weighted by Gasteiger charge is -1.99. The van der Waals surface area contributed by atoms with Crippen molar-refractivity contribution >= 4 is 0 Å². The van der Waals surface area contributed by atoms with Crippen molar-refractivity contribution in [3.05, 3.63) is 59.4 Å². The minimum atomic E-state index is 0.345. The minimum absolute atomic E-state index is 0.345. The second kappa shape index (κ2) is 5.28. The molecular weight excluding hydrogens is 172 g/mol. The maximum absolute atomic E-state index is 8.98. The van der Waals surface area contributed by atoms with Gasteiger partial charge in [0.2, 0.25) is 0 Å². The fourth-order valence-electron chi connectivity index (χ4n) is 1.24. The standard InChI is InChI=1S/C13H16O/c1-11(8-9-12(2)14)10-13-6-4-3-5-7-13/h3-9,14H,10H2,1-2H3/b11-8+,12-9+. The highest BCUT2D eigenvalue weighted by Crippen LogP contribution is 2.07. The van der Waals surface area contributed by atoms with Crippen molar-refractivity contribution in [3.8, 4) is 0 Å². The highest BCUT2D eigenvalue weighted by molar-refractivity contribution is 5.23. The molecular formula is C13H16O. The van der Waals surface area contributed by atoms with E-state index in [2.05, 4.69) is 19.1 Å². The molecule has 0 aliphatic carbocycles. The predicted octanol–water partition coefficient (Wildman–Crippen LogP) is 3.64. The molecule has 0 heterocycles. The molecule has 1 aromatic carbocycles. The van der Waals surface area contributed by atoms with E-state index in [-0.39, 0.29) is 0 Å². The Kier molecular flexibility index (Phi) is 3.99. The van der Waals surface area contributed by atoms with E-state index in [1.54, 1.807) is 13.0 Å². The largest absolute Gasteiger partial charge is 0.513 e. The first-order chi connectivity index (χ1) is 6.68. The zero-order valence-corrected chi connectivity index (χ0v) is 8.70. The van der Waals surface area contributed by atoms with Gasteiger partial charge in [-0.05, 0) is 31.9 Å². The Bertz CT molecular complexity index is 330. The number of rotatable bonds is 3. The molecule has 1 nitrogen and oxygen atoms in total. The lowest BCUT2D eigenvalue weighted by atomic mass is 10.1. The van der Waals surface area contributed by atoms with Crippen molar-refractivity contribution < 1.29 is 5.11 Å². The van der Waals surface area contributed by atoms with Crippen molar-refractivity contribution in [2.24, 2.45) is 0 Å². The summed E-state index contributed by atoms with van der Waals surface area (Å²) in [5.74, 6) is 0.345. The number of hydrogen-bond donors (Lipinski definition) is 1. The fraction of sp³-hybridized carbons (Fsp3) is 0.231. The molecule has 0 aliphatic heterocycles. The van der Waals surface area contributed by atoms with E-state index in [0.29, 0.717) is 5.76 Å². The summed E-state index contributed by atoms with van der Waals surface area (Å²) < 4.78 is 0. The van der Waals surface area contributed by atoms with E-state index in [1.807, 2.05) is 24.3 Å². The first-order valence-electron chi connectivity index (χ1n) is 4.75. The third kappa shape index (κ3) is 3.94. The van der Waals surface area contributed by atoms with Crippen molar-refractivity contribution in [2.75, 3.05) is 0 Å². The Hall–Kier alpha value is -1.50. The summed E-state index contributed by atoms with van der Waals surface area (Å²) >= 11 is 0. The number of aliphatic hydroxyl groups excluding tert-OH is 1. The van der Waals surface area contributed by atoms with Crippen LogP contribution in [0.25, 0.3) is 0 Å². The zero-order chi connectivity index (χ0) is 10.4. The lowest BCUT2D eigenvalue weighted by molar-refractivity contribution is 0.414. The van der Waals surface area contributed by atoms with Crippen molar-refractivity contribution in [3.63, 3.8) is 0 Å². The second-order valence-electron chi connectivity index (χ2n) is 3.48. The van der Waals surface area contributed by atoms with Crippen LogP contribution in [-0.2, 0) is 6.42 Å².